The molecule has 0 saturated carbocycles. The van der Waals surface area contributed by atoms with Gasteiger partial charge in [0.1, 0.15) is 16.7 Å². The van der Waals surface area contributed by atoms with E-state index in [4.69, 9.17) is 11.6 Å². The van der Waals surface area contributed by atoms with Crippen molar-refractivity contribution >= 4 is 32.6 Å². The van der Waals surface area contributed by atoms with Gasteiger partial charge in [0.05, 0.1) is 30.2 Å². The van der Waals surface area contributed by atoms with E-state index in [1.807, 2.05) is 0 Å². The summed E-state index contributed by atoms with van der Waals surface area (Å²) >= 11 is 5.94. The van der Waals surface area contributed by atoms with Crippen LogP contribution in [0.5, 0.6) is 0 Å². The van der Waals surface area contributed by atoms with E-state index in [2.05, 4.69) is 14.3 Å². The Morgan fingerprint density at radius 2 is 2.00 bits per heavy atom. The molecule has 3 rings (SSSR count). The lowest BCUT2D eigenvalue weighted by Crippen LogP contribution is -2.09. The van der Waals surface area contributed by atoms with Crippen molar-refractivity contribution in [3.05, 3.63) is 53.2 Å². The van der Waals surface area contributed by atoms with Crippen LogP contribution in [0.4, 0.5) is 4.39 Å². The molecule has 0 saturated heterocycles. The fourth-order valence-electron chi connectivity index (χ4n) is 2.20. The van der Waals surface area contributed by atoms with Crippen LogP contribution >= 0.6 is 11.6 Å². The molecule has 0 fully saturated rings. The minimum absolute atomic E-state index is 0.150. The summed E-state index contributed by atoms with van der Waals surface area (Å²) in [6.07, 6.45) is 1.54. The molecule has 0 aliphatic heterocycles. The number of hydrogen-bond donors (Lipinski definition) is 0. The lowest BCUT2D eigenvalue weighted by Gasteiger charge is -2.08. The van der Waals surface area contributed by atoms with Crippen LogP contribution in [0, 0.1) is 5.82 Å². The number of benzene rings is 1. The maximum absolute atomic E-state index is 13.1. The minimum atomic E-state index is -3.79. The normalized spacial score (nSPS) is 12.0. The van der Waals surface area contributed by atoms with Crippen molar-refractivity contribution in [3.8, 4) is 5.69 Å². The highest BCUT2D eigenvalue weighted by atomic mass is 35.5. The Morgan fingerprint density at radius 1 is 1.30 bits per heavy atom. The van der Waals surface area contributed by atoms with Crippen LogP contribution in [0.25, 0.3) is 16.6 Å². The molecule has 120 valence electrons. The van der Waals surface area contributed by atoms with Gasteiger partial charge < -0.3 is 0 Å². The van der Waals surface area contributed by atoms with E-state index in [-0.39, 0.29) is 16.7 Å². The fourth-order valence-corrected chi connectivity index (χ4v) is 3.08. The summed E-state index contributed by atoms with van der Waals surface area (Å²) in [5.41, 5.74) is 1.25. The van der Waals surface area contributed by atoms with E-state index in [1.54, 1.807) is 6.07 Å². The molecule has 0 radical (unpaired) electrons. The first-order valence-electron chi connectivity index (χ1n) is 6.47. The van der Waals surface area contributed by atoms with Gasteiger partial charge in [-0.3, -0.25) is 4.18 Å². The summed E-state index contributed by atoms with van der Waals surface area (Å²) in [4.78, 5) is 4.08. The zero-order chi connectivity index (χ0) is 16.6. The molecular weight excluding hydrogens is 345 g/mol. The summed E-state index contributed by atoms with van der Waals surface area (Å²) in [6.45, 7) is 0. The van der Waals surface area contributed by atoms with Gasteiger partial charge in [-0.25, -0.2) is 14.1 Å². The highest BCUT2D eigenvalue weighted by molar-refractivity contribution is 7.85. The molecule has 0 amide bonds. The highest BCUT2D eigenvalue weighted by Crippen LogP contribution is 2.25. The second kappa shape index (κ2) is 5.88. The molecule has 0 atom stereocenters. The van der Waals surface area contributed by atoms with Crippen molar-refractivity contribution in [3.63, 3.8) is 0 Å². The lowest BCUT2D eigenvalue weighted by molar-refractivity contribution is 0.396. The maximum Gasteiger partial charge on any atom is 0.272 e. The average molecular weight is 356 g/mol. The Labute approximate surface area is 136 Å². The third kappa shape index (κ3) is 3.19. The van der Waals surface area contributed by atoms with Gasteiger partial charge in [0, 0.05) is 5.39 Å². The molecule has 3 aromatic rings. The predicted molar refractivity (Wildman–Crippen MR) is 83.5 cm³/mol. The van der Waals surface area contributed by atoms with Crippen LogP contribution in [0.15, 0.2) is 36.5 Å². The SMILES string of the molecule is COS(=O)(=O)Cc1nc(Cl)cc2cnn(-c3ccc(F)cc3)c12. The van der Waals surface area contributed by atoms with E-state index in [0.29, 0.717) is 16.6 Å². The number of halogens is 2. The van der Waals surface area contributed by atoms with Crippen molar-refractivity contribution in [2.24, 2.45) is 0 Å². The summed E-state index contributed by atoms with van der Waals surface area (Å²) in [5.74, 6) is -0.832. The third-order valence-electron chi connectivity index (χ3n) is 3.23. The van der Waals surface area contributed by atoms with Crippen LogP contribution in [0.1, 0.15) is 5.69 Å². The Hall–Kier alpha value is -2.03. The number of fused-ring (bicyclic) bond motifs is 1. The molecule has 2 heterocycles. The first-order chi connectivity index (χ1) is 10.9. The number of rotatable bonds is 4. The second-order valence-electron chi connectivity index (χ2n) is 4.73. The molecule has 6 nitrogen and oxygen atoms in total. The van der Waals surface area contributed by atoms with Gasteiger partial charge >= 0.3 is 0 Å². The summed E-state index contributed by atoms with van der Waals surface area (Å²) in [5, 5.41) is 4.98. The monoisotopic (exact) mass is 355 g/mol. The Balaban J connectivity index is 2.23. The van der Waals surface area contributed by atoms with E-state index in [1.165, 1.54) is 35.1 Å². The lowest BCUT2D eigenvalue weighted by atomic mass is 10.2. The van der Waals surface area contributed by atoms with Crippen LogP contribution in [0.3, 0.4) is 0 Å². The maximum atomic E-state index is 13.1. The van der Waals surface area contributed by atoms with Crippen LogP contribution in [0.2, 0.25) is 5.15 Å². The number of pyridine rings is 1. The summed E-state index contributed by atoms with van der Waals surface area (Å²) in [7, 11) is -2.71. The first-order valence-corrected chi connectivity index (χ1v) is 8.42. The summed E-state index contributed by atoms with van der Waals surface area (Å²) < 4.78 is 42.6. The molecule has 0 unspecified atom stereocenters. The molecule has 0 aliphatic carbocycles. The zero-order valence-corrected chi connectivity index (χ0v) is 13.5. The first kappa shape index (κ1) is 15.9. The van der Waals surface area contributed by atoms with Gasteiger partial charge in [-0.05, 0) is 30.3 Å². The van der Waals surface area contributed by atoms with Crippen LogP contribution < -0.4 is 0 Å². The van der Waals surface area contributed by atoms with E-state index < -0.39 is 15.9 Å². The van der Waals surface area contributed by atoms with Gasteiger partial charge in [-0.2, -0.15) is 13.5 Å². The van der Waals surface area contributed by atoms with Gasteiger partial charge in [-0.1, -0.05) is 11.6 Å². The largest absolute Gasteiger partial charge is 0.273 e. The molecule has 0 bridgehead atoms. The van der Waals surface area contributed by atoms with Gasteiger partial charge in [-0.15, -0.1) is 0 Å². The zero-order valence-electron chi connectivity index (χ0n) is 11.9. The molecular formula is C14H11ClFN3O3S. The highest BCUT2D eigenvalue weighted by Gasteiger charge is 2.19. The molecule has 0 N–H and O–H groups in total. The molecule has 2 aromatic heterocycles. The van der Waals surface area contributed by atoms with Gasteiger partial charge in [0.15, 0.2) is 0 Å². The minimum Gasteiger partial charge on any atom is -0.273 e. The Bertz CT molecular complexity index is 971. The van der Waals surface area contributed by atoms with Crippen molar-refractivity contribution in [1.82, 2.24) is 14.8 Å². The quantitative estimate of drug-likeness (QED) is 0.531. The van der Waals surface area contributed by atoms with E-state index in [0.717, 1.165) is 7.11 Å². The van der Waals surface area contributed by atoms with Crippen LogP contribution in [-0.4, -0.2) is 30.3 Å². The van der Waals surface area contributed by atoms with Gasteiger partial charge in [0.25, 0.3) is 10.1 Å². The Kier molecular flexibility index (Phi) is 4.05. The number of nitrogens with zero attached hydrogens (tertiary/aromatic N) is 3. The topological polar surface area (TPSA) is 74.1 Å². The van der Waals surface area contributed by atoms with E-state index in [9.17, 15) is 12.8 Å². The van der Waals surface area contributed by atoms with Crippen molar-refractivity contribution in [2.45, 2.75) is 5.75 Å². The molecule has 1 aromatic carbocycles. The fraction of sp³-hybridized carbons (Fsp3) is 0.143. The summed E-state index contributed by atoms with van der Waals surface area (Å²) in [6, 6.07) is 7.22. The second-order valence-corrected chi connectivity index (χ2v) is 6.86. The molecule has 0 aliphatic rings. The molecule has 9 heteroatoms. The van der Waals surface area contributed by atoms with E-state index >= 15 is 0 Å². The molecule has 23 heavy (non-hydrogen) atoms. The molecule has 0 spiro atoms. The number of aromatic nitrogens is 3. The number of hydrogen-bond acceptors (Lipinski definition) is 5. The van der Waals surface area contributed by atoms with Crippen molar-refractivity contribution in [2.75, 3.05) is 7.11 Å². The standard InChI is InChI=1S/C14H11ClFN3O3S/c1-22-23(20,21)8-12-14-9(6-13(15)18-12)7-17-19(14)11-4-2-10(16)3-5-11/h2-7H,8H2,1H3. The van der Waals surface area contributed by atoms with Crippen molar-refractivity contribution < 1.29 is 17.0 Å². The predicted octanol–water partition coefficient (Wildman–Crippen LogP) is 2.69. The smallest absolute Gasteiger partial charge is 0.272 e. The van der Waals surface area contributed by atoms with Crippen LogP contribution in [-0.2, 0) is 20.1 Å². The van der Waals surface area contributed by atoms with Gasteiger partial charge in [0.2, 0.25) is 0 Å². The Morgan fingerprint density at radius 3 is 2.65 bits per heavy atom. The average Bonchev–Trinajstić information content (AvgIpc) is 2.91. The van der Waals surface area contributed by atoms with Crippen molar-refractivity contribution in [1.29, 1.82) is 0 Å². The third-order valence-corrected chi connectivity index (χ3v) is 4.55.